The standard InChI is InChI=1S/C27H43N3O13/c1-5-7-9-28-22(33)15-40-29-12-19-23(30-17(4)31)18(32)11-27(42-19,26(36)37)39-14-20-24(34)25(35)21(13-38-20)43-41-10-8-16(3)6-2/h1,12,16,18-21,23-25,32,34-35H,6-11,13-15H2,2-4H3,(H,28,33)(H,30,31)(H,36,37). The molecule has 6 N–H and O–H groups in total. The third-order valence-corrected chi connectivity index (χ3v) is 6.99. The molecule has 43 heavy (non-hydrogen) atoms. The number of carboxylic acids is 1. The summed E-state index contributed by atoms with van der Waals surface area (Å²) < 4.78 is 16.8. The van der Waals surface area contributed by atoms with E-state index in [9.17, 15) is 34.8 Å². The largest absolute Gasteiger partial charge is 0.477 e. The fourth-order valence-corrected chi connectivity index (χ4v) is 4.21. The Labute approximate surface area is 249 Å². The summed E-state index contributed by atoms with van der Waals surface area (Å²) in [6, 6.07) is -1.15. The first-order valence-electron chi connectivity index (χ1n) is 14.1. The maximum absolute atomic E-state index is 12.3. The molecule has 0 bridgehead atoms. The van der Waals surface area contributed by atoms with Crippen molar-refractivity contribution in [2.75, 3.05) is 33.0 Å². The van der Waals surface area contributed by atoms with Crippen LogP contribution in [0.3, 0.4) is 0 Å². The zero-order chi connectivity index (χ0) is 32.0. The van der Waals surface area contributed by atoms with Crippen molar-refractivity contribution < 1.29 is 63.6 Å². The number of amides is 2. The lowest BCUT2D eigenvalue weighted by atomic mass is 9.93. The Morgan fingerprint density at radius 1 is 1.26 bits per heavy atom. The molecular formula is C27H43N3O13. The minimum Gasteiger partial charge on any atom is -0.477 e. The molecule has 2 aliphatic heterocycles. The molecule has 9 unspecified atom stereocenters. The van der Waals surface area contributed by atoms with Gasteiger partial charge in [-0.05, 0) is 12.3 Å². The normalized spacial score (nSPS) is 31.6. The van der Waals surface area contributed by atoms with Crippen LogP contribution in [0.15, 0.2) is 5.16 Å². The number of ether oxygens (including phenoxy) is 3. The van der Waals surface area contributed by atoms with Gasteiger partial charge >= 0.3 is 5.97 Å². The van der Waals surface area contributed by atoms with E-state index in [1.165, 1.54) is 6.92 Å². The number of terminal acetylenes is 1. The number of aliphatic carboxylic acids is 1. The first-order valence-corrected chi connectivity index (χ1v) is 14.1. The van der Waals surface area contributed by atoms with E-state index in [2.05, 4.69) is 28.6 Å². The summed E-state index contributed by atoms with van der Waals surface area (Å²) in [4.78, 5) is 51.1. The highest BCUT2D eigenvalue weighted by molar-refractivity contribution is 5.79. The average Bonchev–Trinajstić information content (AvgIpc) is 2.96. The molecule has 0 radical (unpaired) electrons. The van der Waals surface area contributed by atoms with Crippen molar-refractivity contribution >= 4 is 24.0 Å². The topological polar surface area (TPSA) is 224 Å². The zero-order valence-electron chi connectivity index (χ0n) is 24.5. The molecule has 2 amide bonds. The summed E-state index contributed by atoms with van der Waals surface area (Å²) in [5.74, 6) is -2.37. The highest BCUT2D eigenvalue weighted by Gasteiger charge is 2.54. The predicted molar refractivity (Wildman–Crippen MR) is 147 cm³/mol. The third-order valence-electron chi connectivity index (χ3n) is 6.99. The molecule has 2 aliphatic rings. The van der Waals surface area contributed by atoms with Crippen LogP contribution in [0.25, 0.3) is 0 Å². The van der Waals surface area contributed by atoms with Gasteiger partial charge in [0.15, 0.2) is 6.61 Å². The van der Waals surface area contributed by atoms with Crippen molar-refractivity contribution in [1.29, 1.82) is 0 Å². The van der Waals surface area contributed by atoms with Crippen LogP contribution in [0.4, 0.5) is 0 Å². The maximum atomic E-state index is 12.3. The van der Waals surface area contributed by atoms with Gasteiger partial charge in [0.1, 0.15) is 30.5 Å². The third kappa shape index (κ3) is 11.3. The van der Waals surface area contributed by atoms with Gasteiger partial charge < -0.3 is 50.1 Å². The first kappa shape index (κ1) is 36.3. The molecule has 16 heteroatoms. The SMILES string of the molecule is C#CCCNC(=O)CON=CC1OC(OCC2OCC(OOCCC(C)CC)C(O)C2O)(C(=O)O)CC(O)C1NC(C)=O. The molecular weight excluding hydrogens is 574 g/mol. The molecule has 2 rings (SSSR count). The molecule has 2 fully saturated rings. The number of oxime groups is 1. The Morgan fingerprint density at radius 3 is 2.65 bits per heavy atom. The van der Waals surface area contributed by atoms with E-state index in [-0.39, 0.29) is 19.8 Å². The maximum Gasteiger partial charge on any atom is 0.364 e. The number of nitrogens with zero attached hydrogens (tertiary/aromatic N) is 1. The minimum absolute atomic E-state index is 0.188. The summed E-state index contributed by atoms with van der Waals surface area (Å²) in [6.45, 7) is 4.57. The van der Waals surface area contributed by atoms with Crippen molar-refractivity contribution in [3.8, 4) is 12.3 Å². The molecule has 244 valence electrons. The molecule has 0 spiro atoms. The minimum atomic E-state index is -2.47. The highest BCUT2D eigenvalue weighted by Crippen LogP contribution is 2.32. The second-order valence-corrected chi connectivity index (χ2v) is 10.4. The van der Waals surface area contributed by atoms with Gasteiger partial charge in [-0.2, -0.15) is 0 Å². The molecule has 2 saturated heterocycles. The second kappa shape index (κ2) is 18.0. The molecule has 9 atom stereocenters. The van der Waals surface area contributed by atoms with Crippen molar-refractivity contribution in [3.63, 3.8) is 0 Å². The zero-order valence-corrected chi connectivity index (χ0v) is 24.5. The van der Waals surface area contributed by atoms with Crippen LogP contribution in [0.5, 0.6) is 0 Å². The fourth-order valence-electron chi connectivity index (χ4n) is 4.21. The van der Waals surface area contributed by atoms with Crippen LogP contribution >= 0.6 is 0 Å². The molecule has 0 aliphatic carbocycles. The van der Waals surface area contributed by atoms with E-state index in [1.54, 1.807) is 0 Å². The lowest BCUT2D eigenvalue weighted by molar-refractivity contribution is -0.368. The second-order valence-electron chi connectivity index (χ2n) is 10.4. The quantitative estimate of drug-likeness (QED) is 0.0358. The van der Waals surface area contributed by atoms with E-state index >= 15 is 0 Å². The highest BCUT2D eigenvalue weighted by atomic mass is 17.2. The predicted octanol–water partition coefficient (Wildman–Crippen LogP) is -1.55. The number of aliphatic hydroxyl groups excluding tert-OH is 3. The van der Waals surface area contributed by atoms with Crippen LogP contribution in [-0.4, -0.2) is 126 Å². The van der Waals surface area contributed by atoms with Gasteiger partial charge in [0.25, 0.3) is 11.7 Å². The van der Waals surface area contributed by atoms with Crippen LogP contribution < -0.4 is 10.6 Å². The number of aliphatic hydroxyl groups is 3. The Hall–Kier alpha value is -2.88. The average molecular weight is 618 g/mol. The number of carboxylic acid groups (broad SMARTS) is 1. The number of hydrogen-bond donors (Lipinski definition) is 6. The molecule has 16 nitrogen and oxygen atoms in total. The van der Waals surface area contributed by atoms with Gasteiger partial charge in [-0.1, -0.05) is 25.4 Å². The van der Waals surface area contributed by atoms with E-state index in [0.717, 1.165) is 19.1 Å². The Kier molecular flexibility index (Phi) is 15.2. The fraction of sp³-hybridized carbons (Fsp3) is 0.778. The summed E-state index contributed by atoms with van der Waals surface area (Å²) >= 11 is 0. The van der Waals surface area contributed by atoms with Crippen molar-refractivity contribution in [2.24, 2.45) is 11.1 Å². The molecule has 0 aromatic rings. The number of nitrogens with one attached hydrogen (secondary N) is 2. The molecule has 0 aromatic heterocycles. The number of rotatable bonds is 17. The van der Waals surface area contributed by atoms with Crippen LogP contribution in [-0.2, 0) is 43.2 Å². The van der Waals surface area contributed by atoms with Crippen molar-refractivity contribution in [1.82, 2.24) is 10.6 Å². The van der Waals surface area contributed by atoms with E-state index < -0.39 is 85.9 Å². The molecule has 2 heterocycles. The Balaban J connectivity index is 2.03. The van der Waals surface area contributed by atoms with E-state index in [1.807, 2.05) is 6.92 Å². The Morgan fingerprint density at radius 2 is 2.00 bits per heavy atom. The van der Waals surface area contributed by atoms with Gasteiger partial charge in [0, 0.05) is 26.3 Å². The lowest BCUT2D eigenvalue weighted by Crippen LogP contribution is -2.65. The summed E-state index contributed by atoms with van der Waals surface area (Å²) in [7, 11) is 0. The van der Waals surface area contributed by atoms with Crippen LogP contribution in [0.1, 0.15) is 46.5 Å². The lowest BCUT2D eigenvalue weighted by Gasteiger charge is -2.44. The first-order chi connectivity index (χ1) is 20.4. The summed E-state index contributed by atoms with van der Waals surface area (Å²) in [5, 5.41) is 50.5. The van der Waals surface area contributed by atoms with Crippen molar-refractivity contribution in [3.05, 3.63) is 0 Å². The summed E-state index contributed by atoms with van der Waals surface area (Å²) in [5.41, 5.74) is 0. The molecule has 0 aromatic carbocycles. The number of carbonyl (C=O) groups is 3. The van der Waals surface area contributed by atoms with Crippen LogP contribution in [0, 0.1) is 18.3 Å². The van der Waals surface area contributed by atoms with Crippen molar-refractivity contribution in [2.45, 2.75) is 94.9 Å². The van der Waals surface area contributed by atoms with E-state index in [0.29, 0.717) is 12.3 Å². The summed E-state index contributed by atoms with van der Waals surface area (Å²) in [6.07, 6.45) is -0.549. The van der Waals surface area contributed by atoms with E-state index in [4.69, 9.17) is 35.2 Å². The smallest absolute Gasteiger partial charge is 0.364 e. The van der Waals surface area contributed by atoms with Gasteiger partial charge in [0.05, 0.1) is 38.2 Å². The van der Waals surface area contributed by atoms with Crippen LogP contribution in [0.2, 0.25) is 0 Å². The van der Waals surface area contributed by atoms with Gasteiger partial charge in [-0.3, -0.25) is 9.59 Å². The number of carbonyl (C=O) groups excluding carboxylic acids is 2. The molecule has 0 saturated carbocycles. The van der Waals surface area contributed by atoms with Gasteiger partial charge in [0.2, 0.25) is 5.91 Å². The monoisotopic (exact) mass is 617 g/mol. The number of hydrogen-bond acceptors (Lipinski definition) is 13. The van der Waals surface area contributed by atoms with Gasteiger partial charge in [-0.15, -0.1) is 12.3 Å². The van der Waals surface area contributed by atoms with Gasteiger partial charge in [-0.25, -0.2) is 14.6 Å². The Bertz CT molecular complexity index is 976.